The van der Waals surface area contributed by atoms with Gasteiger partial charge in [-0.2, -0.15) is 0 Å². The second-order valence-corrected chi connectivity index (χ2v) is 24.4. The first-order valence-electron chi connectivity index (χ1n) is 29.8. The summed E-state index contributed by atoms with van der Waals surface area (Å²) in [5, 5.41) is 29.0. The van der Waals surface area contributed by atoms with Gasteiger partial charge in [-0.05, 0) is 101 Å². The van der Waals surface area contributed by atoms with Gasteiger partial charge in [-0.15, -0.1) is 0 Å². The standard InChI is InChI=1S/C63H84BrClN10O15/c1-34(2)52(72-49(76)22-13-12-14-25-68-55(78)36(4)33-64)57(80)71-43(20-17-27-69-60(66)83)56(79)70-42-24-23-41(53-40(42)19-16-26-67-53)58(81)74(8)38(6)59(82)89-48-31-50(77)75(9)44-29-39(30-45(86-10)51(44)65)28-35(3)18-15-21-47(87-11)63(85)32-46(88-61(84)73-63)37(5)54-62(48,7)90-54/h15-16,18-19,21,23-24,26,29-30,34,37-38,43,46-48,52,54,85H,4,12-14,17,20,22,25,27-28,31-33H2,1-3,5-11H3,(H,68,78)(H,70,79)(H,71,80)(H,72,76)(H,73,84)(H3,66,69,83)/b21-15+,35-18+/t37-,38+,43+,46+,47-,48+,52+,54+,62+,63+/m1/s1. The Balaban J connectivity index is 1.21. The number of aliphatic hydroxyl groups is 1. The van der Waals surface area contributed by atoms with E-state index in [2.05, 4.69) is 59.4 Å². The van der Waals surface area contributed by atoms with Gasteiger partial charge in [0, 0.05) is 75.5 Å². The van der Waals surface area contributed by atoms with Crippen LogP contribution in [0.25, 0.3) is 10.9 Å². The largest absolute Gasteiger partial charge is 0.495 e. The Morgan fingerprint density at radius 1 is 1.02 bits per heavy atom. The number of allylic oxidation sites excluding steroid dienone is 3. The van der Waals surface area contributed by atoms with Crippen LogP contribution >= 0.6 is 27.5 Å². The number of methoxy groups -OCH3 is 2. The number of nitrogens with two attached hydrogens (primary N) is 1. The van der Waals surface area contributed by atoms with Crippen LogP contribution in [0, 0.1) is 11.8 Å². The van der Waals surface area contributed by atoms with Gasteiger partial charge in [0.1, 0.15) is 52.8 Å². The number of alkyl carbamates (subject to hydrolysis) is 1. The van der Waals surface area contributed by atoms with Crippen molar-refractivity contribution < 1.29 is 71.9 Å². The lowest BCUT2D eigenvalue weighted by Crippen LogP contribution is -2.63. The number of pyridine rings is 1. The van der Waals surface area contributed by atoms with Gasteiger partial charge in [-0.25, -0.2) is 14.4 Å². The fourth-order valence-corrected chi connectivity index (χ4v) is 11.4. The third-order valence-corrected chi connectivity index (χ3v) is 17.5. The van der Waals surface area contributed by atoms with Gasteiger partial charge in [-0.1, -0.05) is 85.1 Å². The fourth-order valence-electron chi connectivity index (χ4n) is 10.8. The number of benzene rings is 2. The Morgan fingerprint density at radius 3 is 2.42 bits per heavy atom. The zero-order chi connectivity index (χ0) is 66.4. The number of urea groups is 1. The monoisotopic (exact) mass is 1330 g/mol. The molecule has 27 heteroatoms. The number of hydrogen-bond donors (Lipinski definition) is 8. The number of esters is 1. The molecule has 25 nitrogen and oxygen atoms in total. The van der Waals surface area contributed by atoms with E-state index in [1.807, 2.05) is 13.0 Å². The van der Waals surface area contributed by atoms with Crippen molar-refractivity contribution in [2.45, 2.75) is 153 Å². The summed E-state index contributed by atoms with van der Waals surface area (Å²) in [6.45, 7) is 14.4. The Morgan fingerprint density at radius 2 is 1.74 bits per heavy atom. The number of unbranched alkanes of at least 4 members (excludes halogenated alkanes) is 2. The van der Waals surface area contributed by atoms with Gasteiger partial charge < -0.3 is 70.9 Å². The Kier molecular flexibility index (Phi) is 25.3. The molecule has 4 bridgehead atoms. The van der Waals surface area contributed by atoms with Crippen LogP contribution in [0.3, 0.4) is 0 Å². The maximum atomic E-state index is 14.7. The molecule has 4 heterocycles. The van der Waals surface area contributed by atoms with Gasteiger partial charge in [0.05, 0.1) is 42.1 Å². The Bertz CT molecular complexity index is 3260. The van der Waals surface area contributed by atoms with Gasteiger partial charge in [-0.3, -0.25) is 39.1 Å². The quantitative estimate of drug-likeness (QED) is 0.0167. The first-order chi connectivity index (χ1) is 42.6. The highest BCUT2D eigenvalue weighted by atomic mass is 79.9. The van der Waals surface area contributed by atoms with Crippen LogP contribution in [-0.2, 0) is 54.1 Å². The minimum Gasteiger partial charge on any atom is -0.495 e. The van der Waals surface area contributed by atoms with Gasteiger partial charge >= 0.3 is 18.1 Å². The number of carbonyl (C=O) groups is 9. The highest BCUT2D eigenvalue weighted by Crippen LogP contribution is 2.49. The van der Waals surface area contributed by atoms with Crippen LogP contribution in [0.2, 0.25) is 5.02 Å². The zero-order valence-electron chi connectivity index (χ0n) is 52.5. The number of nitrogens with one attached hydrogen (secondary N) is 6. The summed E-state index contributed by atoms with van der Waals surface area (Å²) >= 11 is 10.1. The summed E-state index contributed by atoms with van der Waals surface area (Å²) in [7, 11) is 5.77. The predicted octanol–water partition coefficient (Wildman–Crippen LogP) is 6.02. The van der Waals surface area contributed by atoms with E-state index >= 15 is 0 Å². The SMILES string of the molecule is C=C(CBr)C(=O)NCCCCCC(=O)N[C@H](C(=O)N[C@@H](CCCNC(N)=O)C(=O)Nc1ccc(C(=O)N(C)[C@@H](C)C(=O)O[C@H]2CC(=O)N(C)c3cc(cc(OC)c3Cl)C/C(C)=C/C=C/[C@@H](OC)[C@@]3(O)C[C@H](OC(=O)N3)[C@@H](C)[C@@H]3O[C@@]23C)c2ncccc12)C(C)C. The number of primary amides is 1. The van der Waals surface area contributed by atoms with Crippen molar-refractivity contribution in [3.05, 3.63) is 94.7 Å². The van der Waals surface area contributed by atoms with Crippen molar-refractivity contribution in [1.82, 2.24) is 36.5 Å². The van der Waals surface area contributed by atoms with E-state index in [1.165, 1.54) is 58.5 Å². The molecule has 490 valence electrons. The lowest BCUT2D eigenvalue weighted by Gasteiger charge is -2.42. The minimum absolute atomic E-state index is 0.0266. The summed E-state index contributed by atoms with van der Waals surface area (Å²) in [6.07, 6.45) is 3.47. The third kappa shape index (κ3) is 18.1. The Labute approximate surface area is 537 Å². The number of ether oxygens (including phenoxy) is 5. The van der Waals surface area contributed by atoms with Crippen molar-refractivity contribution in [2.24, 2.45) is 17.6 Å². The summed E-state index contributed by atoms with van der Waals surface area (Å²) < 4.78 is 29.7. The number of alkyl halides is 1. The highest BCUT2D eigenvalue weighted by molar-refractivity contribution is 9.09. The van der Waals surface area contributed by atoms with E-state index in [4.69, 9.17) is 41.0 Å². The van der Waals surface area contributed by atoms with Crippen LogP contribution in [0.4, 0.5) is 21.0 Å². The number of likely N-dealkylation sites (N-methyl/N-ethyl adjacent to an activating group) is 1. The predicted molar refractivity (Wildman–Crippen MR) is 341 cm³/mol. The van der Waals surface area contributed by atoms with E-state index < -0.39 is 114 Å². The summed E-state index contributed by atoms with van der Waals surface area (Å²) in [6, 6.07) is 5.29. The number of fused-ring (bicyclic) bond motifs is 6. The van der Waals surface area contributed by atoms with Crippen molar-refractivity contribution in [3.63, 3.8) is 0 Å². The van der Waals surface area contributed by atoms with Crippen molar-refractivity contribution in [1.29, 1.82) is 0 Å². The van der Waals surface area contributed by atoms with Crippen molar-refractivity contribution in [2.75, 3.05) is 57.0 Å². The normalized spacial score (nSPS) is 23.6. The number of halogens is 2. The number of amides is 9. The number of epoxide rings is 1. The molecule has 2 aromatic carbocycles. The molecule has 2 fully saturated rings. The maximum Gasteiger partial charge on any atom is 0.409 e. The third-order valence-electron chi connectivity index (χ3n) is 16.4. The average Bonchev–Trinajstić information content (AvgIpc) is 1.56. The molecule has 0 unspecified atom stereocenters. The molecule has 6 rings (SSSR count). The maximum absolute atomic E-state index is 14.7. The van der Waals surface area contributed by atoms with Crippen LogP contribution in [0.1, 0.15) is 109 Å². The summed E-state index contributed by atoms with van der Waals surface area (Å²) in [5.41, 5.74) is 4.68. The number of aromatic nitrogens is 1. The molecule has 0 saturated carbocycles. The van der Waals surface area contributed by atoms with E-state index in [1.54, 1.807) is 64.1 Å². The highest BCUT2D eigenvalue weighted by Gasteiger charge is 2.64. The molecule has 3 aliphatic heterocycles. The van der Waals surface area contributed by atoms with Gasteiger partial charge in [0.2, 0.25) is 29.5 Å². The zero-order valence-corrected chi connectivity index (χ0v) is 54.8. The second-order valence-electron chi connectivity index (χ2n) is 23.5. The number of anilines is 2. The number of rotatable bonds is 24. The summed E-state index contributed by atoms with van der Waals surface area (Å²) in [4.78, 5) is 129. The molecule has 2 saturated heterocycles. The Hall–Kier alpha value is -7.65. The van der Waals surface area contributed by atoms with E-state index in [0.29, 0.717) is 60.0 Å². The van der Waals surface area contributed by atoms with Gasteiger partial charge in [0.15, 0.2) is 5.72 Å². The number of hydrogen-bond acceptors (Lipinski definition) is 16. The van der Waals surface area contributed by atoms with Crippen LogP contribution in [-0.4, -0.2) is 169 Å². The smallest absolute Gasteiger partial charge is 0.409 e. The van der Waals surface area contributed by atoms with E-state index in [9.17, 15) is 48.3 Å². The first-order valence-corrected chi connectivity index (χ1v) is 31.3. The molecule has 9 N–H and O–H groups in total. The van der Waals surface area contributed by atoms with Gasteiger partial charge in [0.25, 0.3) is 5.91 Å². The fraction of sp³-hybridized carbons (Fsp3) is 0.524. The van der Waals surface area contributed by atoms with Crippen LogP contribution in [0.15, 0.2) is 78.5 Å². The van der Waals surface area contributed by atoms with E-state index in [0.717, 1.165) is 16.0 Å². The van der Waals surface area contributed by atoms with Crippen molar-refractivity contribution >= 4 is 103 Å². The van der Waals surface area contributed by atoms with Crippen molar-refractivity contribution in [3.8, 4) is 5.75 Å². The van der Waals surface area contributed by atoms with Crippen LogP contribution < -0.4 is 47.3 Å². The second kappa shape index (κ2) is 31.9. The van der Waals surface area contributed by atoms with E-state index in [-0.39, 0.29) is 65.8 Å². The van der Waals surface area contributed by atoms with Crippen LogP contribution in [0.5, 0.6) is 5.75 Å². The molecule has 0 aliphatic carbocycles. The lowest BCUT2D eigenvalue weighted by atomic mass is 9.83. The molecule has 0 spiro atoms. The molecule has 90 heavy (non-hydrogen) atoms. The lowest BCUT2D eigenvalue weighted by molar-refractivity contribution is -0.158. The number of carbonyl (C=O) groups excluding carboxylic acids is 9. The molecule has 0 radical (unpaired) electrons. The molecule has 1 aromatic heterocycles. The molecular formula is C63H84BrClN10O15. The molecule has 10 atom stereocenters. The average molecular weight is 1340 g/mol. The molecule has 3 aliphatic rings. The molecule has 9 amide bonds. The first kappa shape index (κ1) is 71.4. The minimum atomic E-state index is -1.93. The molecule has 3 aromatic rings. The summed E-state index contributed by atoms with van der Waals surface area (Å²) in [5.74, 6) is -4.81. The number of nitrogens with zero attached hydrogens (tertiary/aromatic N) is 3. The molecular weight excluding hydrogens is 1250 g/mol. The topological polar surface area (TPSA) is 341 Å².